The van der Waals surface area contributed by atoms with Crippen LogP contribution in [-0.2, 0) is 10.0 Å². The molecule has 0 unspecified atom stereocenters. The molecule has 96 valence electrons. The van der Waals surface area contributed by atoms with Gasteiger partial charge < -0.3 is 5.73 Å². The maximum absolute atomic E-state index is 12.2. The zero-order chi connectivity index (χ0) is 13.9. The van der Waals surface area contributed by atoms with Gasteiger partial charge >= 0.3 is 0 Å². The Hall–Kier alpha value is -2.52. The number of nitrogen functional groups attached to an aromatic ring is 1. The van der Waals surface area contributed by atoms with Crippen molar-refractivity contribution in [3.63, 3.8) is 0 Å². The van der Waals surface area contributed by atoms with E-state index in [4.69, 9.17) is 11.0 Å². The lowest BCUT2D eigenvalue weighted by molar-refractivity contribution is 0.601. The van der Waals surface area contributed by atoms with Crippen LogP contribution in [0.25, 0.3) is 0 Å². The van der Waals surface area contributed by atoms with Crippen LogP contribution in [0.2, 0.25) is 0 Å². The predicted molar refractivity (Wildman–Crippen MR) is 72.8 cm³/mol. The lowest BCUT2D eigenvalue weighted by Gasteiger charge is -2.10. The Morgan fingerprint density at radius 2 is 1.68 bits per heavy atom. The number of sulfonamides is 1. The Morgan fingerprint density at radius 1 is 1.05 bits per heavy atom. The van der Waals surface area contributed by atoms with Crippen molar-refractivity contribution in [3.8, 4) is 6.07 Å². The van der Waals surface area contributed by atoms with Crippen LogP contribution in [0, 0.1) is 11.3 Å². The number of nitrogens with two attached hydrogens (primary N) is 1. The van der Waals surface area contributed by atoms with E-state index >= 15 is 0 Å². The highest BCUT2D eigenvalue weighted by atomic mass is 32.2. The summed E-state index contributed by atoms with van der Waals surface area (Å²) in [4.78, 5) is -0.0113. The topological polar surface area (TPSA) is 96.0 Å². The summed E-state index contributed by atoms with van der Waals surface area (Å²) >= 11 is 0. The minimum absolute atomic E-state index is 0.0113. The predicted octanol–water partition coefficient (Wildman–Crippen LogP) is 1.94. The summed E-state index contributed by atoms with van der Waals surface area (Å²) < 4.78 is 26.7. The van der Waals surface area contributed by atoms with Gasteiger partial charge in [-0.3, -0.25) is 4.72 Å². The van der Waals surface area contributed by atoms with E-state index in [-0.39, 0.29) is 21.8 Å². The molecule has 19 heavy (non-hydrogen) atoms. The normalized spacial score (nSPS) is 10.7. The molecule has 5 nitrogen and oxygen atoms in total. The Morgan fingerprint density at radius 3 is 2.37 bits per heavy atom. The van der Waals surface area contributed by atoms with E-state index < -0.39 is 10.0 Å². The van der Waals surface area contributed by atoms with Gasteiger partial charge in [0.2, 0.25) is 0 Å². The molecule has 0 saturated carbocycles. The first kappa shape index (κ1) is 12.9. The van der Waals surface area contributed by atoms with Gasteiger partial charge in [0.05, 0.1) is 16.9 Å². The van der Waals surface area contributed by atoms with Gasteiger partial charge in [-0.2, -0.15) is 5.26 Å². The molecule has 3 N–H and O–H groups in total. The first-order valence-corrected chi connectivity index (χ1v) is 6.89. The van der Waals surface area contributed by atoms with Gasteiger partial charge in [-0.1, -0.05) is 24.3 Å². The van der Waals surface area contributed by atoms with E-state index in [0.29, 0.717) is 0 Å². The average molecular weight is 273 g/mol. The van der Waals surface area contributed by atoms with Crippen molar-refractivity contribution in [2.45, 2.75) is 4.90 Å². The van der Waals surface area contributed by atoms with Crippen molar-refractivity contribution in [2.75, 3.05) is 10.5 Å². The van der Waals surface area contributed by atoms with Crippen molar-refractivity contribution in [1.29, 1.82) is 5.26 Å². The molecule has 0 amide bonds. The quantitative estimate of drug-likeness (QED) is 0.835. The third kappa shape index (κ3) is 2.67. The van der Waals surface area contributed by atoms with Crippen LogP contribution in [0.3, 0.4) is 0 Å². The van der Waals surface area contributed by atoms with E-state index in [9.17, 15) is 8.42 Å². The first-order chi connectivity index (χ1) is 9.04. The smallest absolute Gasteiger partial charge is 0.263 e. The molecule has 0 atom stereocenters. The minimum Gasteiger partial charge on any atom is -0.398 e. The maximum Gasteiger partial charge on any atom is 0.263 e. The van der Waals surface area contributed by atoms with Gasteiger partial charge in [-0.25, -0.2) is 8.42 Å². The van der Waals surface area contributed by atoms with Crippen LogP contribution in [-0.4, -0.2) is 8.42 Å². The number of anilines is 2. The van der Waals surface area contributed by atoms with Gasteiger partial charge in [0.15, 0.2) is 0 Å². The Labute approximate surface area is 111 Å². The van der Waals surface area contributed by atoms with Gasteiger partial charge in [0, 0.05) is 0 Å². The van der Waals surface area contributed by atoms with Gasteiger partial charge in [0.25, 0.3) is 10.0 Å². The number of hydrogen-bond acceptors (Lipinski definition) is 4. The molecular weight excluding hydrogens is 262 g/mol. The lowest BCUT2D eigenvalue weighted by atomic mass is 10.2. The molecule has 2 aromatic rings. The standard InChI is InChI=1S/C13H11N3O2S/c14-9-10-5-1-3-7-12(10)16-19(17,18)13-8-4-2-6-11(13)15/h1-8,16H,15H2. The highest BCUT2D eigenvalue weighted by Crippen LogP contribution is 2.22. The van der Waals surface area contributed by atoms with E-state index in [1.54, 1.807) is 24.3 Å². The zero-order valence-electron chi connectivity index (χ0n) is 9.87. The molecule has 6 heteroatoms. The van der Waals surface area contributed by atoms with Crippen LogP contribution >= 0.6 is 0 Å². The second kappa shape index (κ2) is 5.00. The summed E-state index contributed by atoms with van der Waals surface area (Å²) in [5.41, 5.74) is 6.28. The molecule has 0 spiro atoms. The fraction of sp³-hybridized carbons (Fsp3) is 0. The zero-order valence-corrected chi connectivity index (χ0v) is 10.7. The van der Waals surface area contributed by atoms with Gasteiger partial charge in [-0.15, -0.1) is 0 Å². The minimum atomic E-state index is -3.80. The number of para-hydroxylation sites is 2. The number of hydrogen-bond donors (Lipinski definition) is 2. The third-order valence-electron chi connectivity index (χ3n) is 2.50. The molecule has 2 aromatic carbocycles. The largest absolute Gasteiger partial charge is 0.398 e. The number of nitriles is 1. The fourth-order valence-electron chi connectivity index (χ4n) is 1.59. The molecule has 0 saturated heterocycles. The number of rotatable bonds is 3. The van der Waals surface area contributed by atoms with Crippen LogP contribution in [0.1, 0.15) is 5.56 Å². The van der Waals surface area contributed by atoms with Crippen molar-refractivity contribution >= 4 is 21.4 Å². The van der Waals surface area contributed by atoms with Crippen molar-refractivity contribution in [2.24, 2.45) is 0 Å². The molecule has 0 aliphatic rings. The lowest BCUT2D eigenvalue weighted by Crippen LogP contribution is -2.15. The van der Waals surface area contributed by atoms with Crippen LogP contribution in [0.15, 0.2) is 53.4 Å². The Balaban J connectivity index is 2.44. The molecule has 0 radical (unpaired) electrons. The third-order valence-corrected chi connectivity index (χ3v) is 3.94. The second-order valence-corrected chi connectivity index (χ2v) is 5.45. The summed E-state index contributed by atoms with van der Waals surface area (Å²) in [6.07, 6.45) is 0. The molecule has 0 fully saturated rings. The summed E-state index contributed by atoms with van der Waals surface area (Å²) in [5, 5.41) is 8.93. The van der Waals surface area contributed by atoms with E-state index in [0.717, 1.165) is 0 Å². The van der Waals surface area contributed by atoms with E-state index in [1.165, 1.54) is 24.3 Å². The van der Waals surface area contributed by atoms with Gasteiger partial charge in [-0.05, 0) is 24.3 Å². The van der Waals surface area contributed by atoms with Crippen molar-refractivity contribution < 1.29 is 8.42 Å². The van der Waals surface area contributed by atoms with Crippen molar-refractivity contribution in [1.82, 2.24) is 0 Å². The molecule has 0 bridgehead atoms. The fourth-order valence-corrected chi connectivity index (χ4v) is 2.81. The van der Waals surface area contributed by atoms with E-state index in [2.05, 4.69) is 4.72 Å². The second-order valence-electron chi connectivity index (χ2n) is 3.80. The summed E-state index contributed by atoms with van der Waals surface area (Å²) in [5.74, 6) is 0. The highest BCUT2D eigenvalue weighted by molar-refractivity contribution is 7.92. The van der Waals surface area contributed by atoms with Crippen LogP contribution < -0.4 is 10.5 Å². The summed E-state index contributed by atoms with van der Waals surface area (Å²) in [6, 6.07) is 14.4. The molecule has 0 aliphatic heterocycles. The average Bonchev–Trinajstić information content (AvgIpc) is 2.39. The van der Waals surface area contributed by atoms with Crippen molar-refractivity contribution in [3.05, 3.63) is 54.1 Å². The van der Waals surface area contributed by atoms with Crippen LogP contribution in [0.5, 0.6) is 0 Å². The first-order valence-electron chi connectivity index (χ1n) is 5.41. The molecule has 0 aliphatic carbocycles. The van der Waals surface area contributed by atoms with E-state index in [1.807, 2.05) is 6.07 Å². The van der Waals surface area contributed by atoms with Crippen LogP contribution in [0.4, 0.5) is 11.4 Å². The summed E-state index contributed by atoms with van der Waals surface area (Å²) in [7, 11) is -3.80. The molecule has 0 aromatic heterocycles. The SMILES string of the molecule is N#Cc1ccccc1NS(=O)(=O)c1ccccc1N. The summed E-state index contributed by atoms with van der Waals surface area (Å²) in [6.45, 7) is 0. The number of benzene rings is 2. The Bertz CT molecular complexity index is 748. The molecule has 2 rings (SSSR count). The highest BCUT2D eigenvalue weighted by Gasteiger charge is 2.18. The molecule has 0 heterocycles. The maximum atomic E-state index is 12.2. The van der Waals surface area contributed by atoms with Gasteiger partial charge in [0.1, 0.15) is 11.0 Å². The monoisotopic (exact) mass is 273 g/mol. The molecular formula is C13H11N3O2S. The number of nitrogens with one attached hydrogen (secondary N) is 1. The Kier molecular flexibility index (Phi) is 3.40. The number of nitrogens with zero attached hydrogens (tertiary/aromatic N) is 1.